The Morgan fingerprint density at radius 1 is 1.36 bits per heavy atom. The number of hydrogen-bond donors (Lipinski definition) is 1. The molecule has 0 bridgehead atoms. The van der Waals surface area contributed by atoms with Crippen LogP contribution in [-0.4, -0.2) is 51.6 Å². The highest BCUT2D eigenvalue weighted by Crippen LogP contribution is 2.14. The van der Waals surface area contributed by atoms with E-state index in [1.807, 2.05) is 30.9 Å². The van der Waals surface area contributed by atoms with Crippen molar-refractivity contribution in [2.75, 3.05) is 20.1 Å². The highest BCUT2D eigenvalue weighted by atomic mass is 16.2. The Balaban J connectivity index is 1.50. The van der Waals surface area contributed by atoms with Crippen LogP contribution < -0.4 is 5.32 Å². The van der Waals surface area contributed by atoms with Crippen molar-refractivity contribution in [3.8, 4) is 0 Å². The monoisotopic (exact) mass is 341 g/mol. The summed E-state index contributed by atoms with van der Waals surface area (Å²) in [5, 5.41) is 3.17. The number of hydrogen-bond acceptors (Lipinski definition) is 3. The van der Waals surface area contributed by atoms with Gasteiger partial charge in [-0.1, -0.05) is 30.3 Å². The standard InChI is InChI=1S/C19H27N5O/c1-22-12-10-20-18(22)15-23(2)19(25)21-17-9-6-11-24(14-17)13-16-7-4-3-5-8-16/h3-5,7-8,10,12,17H,6,9,11,13-15H2,1-2H3,(H,21,25)/t17-/m1/s1. The van der Waals surface area contributed by atoms with Gasteiger partial charge < -0.3 is 14.8 Å². The minimum absolute atomic E-state index is 0.0328. The Hall–Kier alpha value is -2.34. The predicted molar refractivity (Wildman–Crippen MR) is 97.9 cm³/mol. The molecule has 1 N–H and O–H groups in total. The summed E-state index contributed by atoms with van der Waals surface area (Å²) in [7, 11) is 3.76. The second kappa shape index (κ2) is 8.16. The van der Waals surface area contributed by atoms with Crippen LogP contribution >= 0.6 is 0 Å². The third-order valence-corrected chi connectivity index (χ3v) is 4.73. The Morgan fingerprint density at radius 2 is 2.16 bits per heavy atom. The number of aryl methyl sites for hydroxylation is 1. The van der Waals surface area contributed by atoms with Crippen molar-refractivity contribution in [1.29, 1.82) is 0 Å². The number of carbonyl (C=O) groups is 1. The minimum atomic E-state index is -0.0328. The van der Waals surface area contributed by atoms with Gasteiger partial charge in [0.05, 0.1) is 6.54 Å². The summed E-state index contributed by atoms with van der Waals surface area (Å²) in [6, 6.07) is 10.7. The average molecular weight is 341 g/mol. The summed E-state index contributed by atoms with van der Waals surface area (Å²) in [5.74, 6) is 0.881. The lowest BCUT2D eigenvalue weighted by molar-refractivity contribution is 0.166. The molecule has 2 aromatic rings. The van der Waals surface area contributed by atoms with Gasteiger partial charge in [0.25, 0.3) is 0 Å². The molecular formula is C19H27N5O. The maximum absolute atomic E-state index is 12.5. The summed E-state index contributed by atoms with van der Waals surface area (Å²) < 4.78 is 1.94. The number of nitrogens with zero attached hydrogens (tertiary/aromatic N) is 4. The fourth-order valence-corrected chi connectivity index (χ4v) is 3.28. The molecule has 1 aromatic carbocycles. The van der Waals surface area contributed by atoms with E-state index in [1.54, 1.807) is 11.1 Å². The zero-order chi connectivity index (χ0) is 17.6. The lowest BCUT2D eigenvalue weighted by atomic mass is 10.0. The van der Waals surface area contributed by atoms with Crippen molar-refractivity contribution in [1.82, 2.24) is 24.7 Å². The minimum Gasteiger partial charge on any atom is -0.337 e. The van der Waals surface area contributed by atoms with Gasteiger partial charge in [-0.05, 0) is 24.9 Å². The molecule has 0 unspecified atom stereocenters. The van der Waals surface area contributed by atoms with Crippen molar-refractivity contribution in [3.05, 3.63) is 54.1 Å². The van der Waals surface area contributed by atoms with Crippen molar-refractivity contribution < 1.29 is 4.79 Å². The maximum Gasteiger partial charge on any atom is 0.317 e. The highest BCUT2D eigenvalue weighted by molar-refractivity contribution is 5.74. The topological polar surface area (TPSA) is 53.4 Å². The lowest BCUT2D eigenvalue weighted by Crippen LogP contribution is -2.50. The van der Waals surface area contributed by atoms with E-state index in [0.29, 0.717) is 6.54 Å². The molecule has 6 heteroatoms. The molecule has 0 aliphatic carbocycles. The van der Waals surface area contributed by atoms with Crippen LogP contribution in [0.4, 0.5) is 4.79 Å². The lowest BCUT2D eigenvalue weighted by Gasteiger charge is -2.34. The van der Waals surface area contributed by atoms with Gasteiger partial charge in [-0.15, -0.1) is 0 Å². The third-order valence-electron chi connectivity index (χ3n) is 4.73. The molecular weight excluding hydrogens is 314 g/mol. The van der Waals surface area contributed by atoms with Crippen LogP contribution in [0.25, 0.3) is 0 Å². The Labute approximate surface area is 149 Å². The molecule has 134 valence electrons. The van der Waals surface area contributed by atoms with Crippen LogP contribution in [0.5, 0.6) is 0 Å². The van der Waals surface area contributed by atoms with Gasteiger partial charge in [0.1, 0.15) is 5.82 Å². The number of likely N-dealkylation sites (tertiary alicyclic amines) is 1. The second-order valence-corrected chi connectivity index (χ2v) is 6.82. The van der Waals surface area contributed by atoms with Gasteiger partial charge in [-0.2, -0.15) is 0 Å². The first-order chi connectivity index (χ1) is 12.1. The fraction of sp³-hybridized carbons (Fsp3) is 0.474. The van der Waals surface area contributed by atoms with E-state index >= 15 is 0 Å². The largest absolute Gasteiger partial charge is 0.337 e. The van der Waals surface area contributed by atoms with E-state index in [-0.39, 0.29) is 12.1 Å². The Morgan fingerprint density at radius 3 is 2.88 bits per heavy atom. The molecule has 1 aliphatic heterocycles. The smallest absolute Gasteiger partial charge is 0.317 e. The second-order valence-electron chi connectivity index (χ2n) is 6.82. The SMILES string of the molecule is CN(Cc1nccn1C)C(=O)N[C@@H]1CCCN(Cc2ccccc2)C1. The van der Waals surface area contributed by atoms with Crippen LogP contribution in [0.15, 0.2) is 42.7 Å². The van der Waals surface area contributed by atoms with E-state index in [0.717, 1.165) is 38.3 Å². The molecule has 1 fully saturated rings. The summed E-state index contributed by atoms with van der Waals surface area (Å²) >= 11 is 0. The van der Waals surface area contributed by atoms with E-state index in [1.165, 1.54) is 5.56 Å². The first kappa shape index (κ1) is 17.5. The molecule has 6 nitrogen and oxygen atoms in total. The van der Waals surface area contributed by atoms with Crippen molar-refractivity contribution in [2.24, 2.45) is 7.05 Å². The van der Waals surface area contributed by atoms with Crippen molar-refractivity contribution in [3.63, 3.8) is 0 Å². The number of carbonyl (C=O) groups excluding carboxylic acids is 1. The van der Waals surface area contributed by atoms with Gasteiger partial charge in [0, 0.05) is 45.6 Å². The molecule has 0 radical (unpaired) electrons. The average Bonchev–Trinajstić information content (AvgIpc) is 3.01. The predicted octanol–water partition coefficient (Wildman–Crippen LogP) is 2.23. The zero-order valence-corrected chi connectivity index (χ0v) is 15.1. The van der Waals surface area contributed by atoms with Gasteiger partial charge in [0.15, 0.2) is 0 Å². The van der Waals surface area contributed by atoms with E-state index in [2.05, 4.69) is 39.5 Å². The van der Waals surface area contributed by atoms with Crippen LogP contribution in [0.2, 0.25) is 0 Å². The zero-order valence-electron chi connectivity index (χ0n) is 15.1. The molecule has 1 saturated heterocycles. The number of urea groups is 1. The quantitative estimate of drug-likeness (QED) is 0.907. The molecule has 0 spiro atoms. The fourth-order valence-electron chi connectivity index (χ4n) is 3.28. The number of benzene rings is 1. The van der Waals surface area contributed by atoms with Gasteiger partial charge in [-0.3, -0.25) is 4.90 Å². The highest BCUT2D eigenvalue weighted by Gasteiger charge is 2.23. The number of amides is 2. The number of aromatic nitrogens is 2. The third kappa shape index (κ3) is 4.82. The van der Waals surface area contributed by atoms with E-state index < -0.39 is 0 Å². The van der Waals surface area contributed by atoms with Gasteiger partial charge >= 0.3 is 6.03 Å². The molecule has 3 rings (SSSR count). The van der Waals surface area contributed by atoms with E-state index in [9.17, 15) is 4.79 Å². The van der Waals surface area contributed by atoms with Crippen LogP contribution in [0, 0.1) is 0 Å². The van der Waals surface area contributed by atoms with Crippen LogP contribution in [0.1, 0.15) is 24.2 Å². The summed E-state index contributed by atoms with van der Waals surface area (Å²) in [6.07, 6.45) is 5.79. The van der Waals surface area contributed by atoms with Gasteiger partial charge in [0.2, 0.25) is 0 Å². The number of rotatable bonds is 5. The number of nitrogens with one attached hydrogen (secondary N) is 1. The molecule has 1 aromatic heterocycles. The molecule has 1 aliphatic rings. The Kier molecular flexibility index (Phi) is 5.71. The summed E-state index contributed by atoms with van der Waals surface area (Å²) in [5.41, 5.74) is 1.32. The first-order valence-electron chi connectivity index (χ1n) is 8.86. The summed E-state index contributed by atoms with van der Waals surface area (Å²) in [4.78, 5) is 20.9. The summed E-state index contributed by atoms with van der Waals surface area (Å²) in [6.45, 7) is 3.44. The molecule has 25 heavy (non-hydrogen) atoms. The molecule has 2 heterocycles. The van der Waals surface area contributed by atoms with Gasteiger partial charge in [-0.25, -0.2) is 9.78 Å². The van der Waals surface area contributed by atoms with Crippen LogP contribution in [0.3, 0.4) is 0 Å². The number of imidazole rings is 1. The van der Waals surface area contributed by atoms with Crippen LogP contribution in [-0.2, 0) is 20.1 Å². The van der Waals surface area contributed by atoms with Crippen molar-refractivity contribution in [2.45, 2.75) is 32.0 Å². The number of piperidine rings is 1. The normalized spacial score (nSPS) is 18.1. The molecule has 1 atom stereocenters. The van der Waals surface area contributed by atoms with Crippen molar-refractivity contribution >= 4 is 6.03 Å². The molecule has 0 saturated carbocycles. The Bertz CT molecular complexity index is 684. The maximum atomic E-state index is 12.5. The molecule has 2 amide bonds. The first-order valence-corrected chi connectivity index (χ1v) is 8.86. The van der Waals surface area contributed by atoms with E-state index in [4.69, 9.17) is 0 Å².